The fourth-order valence-corrected chi connectivity index (χ4v) is 2.23. The minimum Gasteiger partial charge on any atom is -0.481 e. The summed E-state index contributed by atoms with van der Waals surface area (Å²) in [5.41, 5.74) is -0.558. The van der Waals surface area contributed by atoms with Gasteiger partial charge in [-0.25, -0.2) is 0 Å². The van der Waals surface area contributed by atoms with Crippen molar-refractivity contribution < 1.29 is 14.7 Å². The molecule has 1 saturated heterocycles. The molecule has 4 nitrogen and oxygen atoms in total. The molecule has 1 aliphatic rings. The van der Waals surface area contributed by atoms with Crippen LogP contribution in [0.15, 0.2) is 0 Å². The lowest BCUT2D eigenvalue weighted by Crippen LogP contribution is -2.46. The lowest BCUT2D eigenvalue weighted by Gasteiger charge is -2.34. The van der Waals surface area contributed by atoms with Crippen LogP contribution in [0.3, 0.4) is 0 Å². The number of amides is 1. The van der Waals surface area contributed by atoms with Gasteiger partial charge in [-0.2, -0.15) is 0 Å². The largest absolute Gasteiger partial charge is 0.481 e. The number of hydrogen-bond acceptors (Lipinski definition) is 2. The van der Waals surface area contributed by atoms with Crippen molar-refractivity contribution in [3.05, 3.63) is 0 Å². The molecule has 1 fully saturated rings. The van der Waals surface area contributed by atoms with Gasteiger partial charge in [0.2, 0.25) is 5.91 Å². The van der Waals surface area contributed by atoms with E-state index in [0.29, 0.717) is 12.5 Å². The maximum atomic E-state index is 11.8. The molecule has 1 aliphatic heterocycles. The summed E-state index contributed by atoms with van der Waals surface area (Å²) in [5.74, 6) is -0.955. The van der Waals surface area contributed by atoms with Gasteiger partial charge in [0.05, 0.1) is 11.5 Å². The van der Waals surface area contributed by atoms with Gasteiger partial charge in [-0.3, -0.25) is 9.59 Å². The predicted octanol–water partition coefficient (Wildman–Crippen LogP) is 1.74. The van der Waals surface area contributed by atoms with Gasteiger partial charge in [-0.05, 0) is 26.2 Å². The van der Waals surface area contributed by atoms with Crippen LogP contribution in [-0.2, 0) is 9.59 Å². The molecule has 1 unspecified atom stereocenters. The molecule has 1 atom stereocenters. The van der Waals surface area contributed by atoms with Gasteiger partial charge in [0.15, 0.2) is 0 Å². The smallest absolute Gasteiger partial charge is 0.309 e. The van der Waals surface area contributed by atoms with E-state index in [1.165, 1.54) is 0 Å². The zero-order valence-electron chi connectivity index (χ0n) is 10.5. The Kier molecular flexibility index (Phi) is 3.61. The first kappa shape index (κ1) is 13.0. The van der Waals surface area contributed by atoms with Crippen molar-refractivity contribution in [3.8, 4) is 0 Å². The average Bonchev–Trinajstić information content (AvgIpc) is 2.34. The summed E-state index contributed by atoms with van der Waals surface area (Å²) in [6, 6.07) is 0. The van der Waals surface area contributed by atoms with Crippen LogP contribution >= 0.6 is 0 Å². The molecule has 0 aromatic heterocycles. The second-order valence-corrected chi connectivity index (χ2v) is 5.48. The molecule has 0 bridgehead atoms. The van der Waals surface area contributed by atoms with Gasteiger partial charge in [0.1, 0.15) is 0 Å². The molecule has 1 heterocycles. The number of carbonyl (C=O) groups excluding carboxylic acids is 1. The van der Waals surface area contributed by atoms with Crippen LogP contribution < -0.4 is 0 Å². The Labute approximate surface area is 96.6 Å². The maximum Gasteiger partial charge on any atom is 0.309 e. The zero-order chi connectivity index (χ0) is 12.5. The van der Waals surface area contributed by atoms with Gasteiger partial charge in [-0.15, -0.1) is 0 Å². The highest BCUT2D eigenvalue weighted by atomic mass is 16.4. The summed E-state index contributed by atoms with van der Waals surface area (Å²) < 4.78 is 0. The monoisotopic (exact) mass is 227 g/mol. The third-order valence-electron chi connectivity index (χ3n) is 3.46. The van der Waals surface area contributed by atoms with Crippen molar-refractivity contribution in [1.82, 2.24) is 4.90 Å². The van der Waals surface area contributed by atoms with E-state index in [1.807, 2.05) is 13.8 Å². The van der Waals surface area contributed by atoms with E-state index < -0.39 is 17.4 Å². The van der Waals surface area contributed by atoms with Crippen LogP contribution in [0.5, 0.6) is 0 Å². The van der Waals surface area contributed by atoms with E-state index in [1.54, 1.807) is 4.90 Å². The summed E-state index contributed by atoms with van der Waals surface area (Å²) in [6.45, 7) is 8.55. The Morgan fingerprint density at radius 1 is 1.56 bits per heavy atom. The van der Waals surface area contributed by atoms with Crippen molar-refractivity contribution >= 4 is 11.9 Å². The van der Waals surface area contributed by atoms with Gasteiger partial charge in [0.25, 0.3) is 0 Å². The Morgan fingerprint density at radius 2 is 2.12 bits per heavy atom. The lowest BCUT2D eigenvalue weighted by molar-refractivity contribution is -0.144. The summed E-state index contributed by atoms with van der Waals surface area (Å²) in [6.07, 6.45) is 1.06. The van der Waals surface area contributed by atoms with Gasteiger partial charge >= 0.3 is 5.97 Å². The molecule has 0 radical (unpaired) electrons. The van der Waals surface area contributed by atoms with E-state index in [2.05, 4.69) is 13.8 Å². The topological polar surface area (TPSA) is 57.6 Å². The van der Waals surface area contributed by atoms with Crippen LogP contribution in [-0.4, -0.2) is 34.0 Å². The molecule has 0 aromatic rings. The number of carboxylic acids is 1. The highest BCUT2D eigenvalue weighted by molar-refractivity contribution is 5.88. The van der Waals surface area contributed by atoms with Crippen molar-refractivity contribution in [2.24, 2.45) is 11.8 Å². The third kappa shape index (κ3) is 2.36. The van der Waals surface area contributed by atoms with Crippen LogP contribution in [0.1, 0.15) is 40.5 Å². The second kappa shape index (κ2) is 4.44. The van der Waals surface area contributed by atoms with Crippen molar-refractivity contribution in [3.63, 3.8) is 0 Å². The Hall–Kier alpha value is -1.06. The summed E-state index contributed by atoms with van der Waals surface area (Å²) in [7, 11) is 0. The SMILES string of the molecule is CC(C)CCN1C(=O)CC(C(=O)O)C1(C)C. The molecular weight excluding hydrogens is 206 g/mol. The summed E-state index contributed by atoms with van der Waals surface area (Å²) >= 11 is 0. The average molecular weight is 227 g/mol. The molecule has 0 saturated carbocycles. The van der Waals surface area contributed by atoms with E-state index >= 15 is 0 Å². The minimum atomic E-state index is -0.870. The predicted molar refractivity (Wildman–Crippen MR) is 61.0 cm³/mol. The minimum absolute atomic E-state index is 0.0296. The standard InChI is InChI=1S/C12H21NO3/c1-8(2)5-6-13-10(14)7-9(11(15)16)12(13,3)4/h8-9H,5-7H2,1-4H3,(H,15,16). The maximum absolute atomic E-state index is 11.8. The molecule has 16 heavy (non-hydrogen) atoms. The van der Waals surface area contributed by atoms with Gasteiger partial charge in [0, 0.05) is 13.0 Å². The fraction of sp³-hybridized carbons (Fsp3) is 0.833. The molecular formula is C12H21NO3. The van der Waals surface area contributed by atoms with E-state index in [0.717, 1.165) is 6.42 Å². The van der Waals surface area contributed by atoms with Gasteiger partial charge < -0.3 is 10.0 Å². The fourth-order valence-electron chi connectivity index (χ4n) is 2.23. The molecule has 1 rings (SSSR count). The zero-order valence-corrected chi connectivity index (χ0v) is 10.5. The molecule has 0 aromatic carbocycles. The number of aliphatic carboxylic acids is 1. The van der Waals surface area contributed by atoms with E-state index in [-0.39, 0.29) is 12.3 Å². The first-order valence-corrected chi connectivity index (χ1v) is 5.80. The normalized spacial score (nSPS) is 24.2. The second-order valence-electron chi connectivity index (χ2n) is 5.48. The number of nitrogens with zero attached hydrogens (tertiary/aromatic N) is 1. The molecule has 0 spiro atoms. The van der Waals surface area contributed by atoms with Crippen LogP contribution in [0.25, 0.3) is 0 Å². The first-order chi connectivity index (χ1) is 7.26. The number of hydrogen-bond donors (Lipinski definition) is 1. The Balaban J connectivity index is 2.77. The van der Waals surface area contributed by atoms with Crippen LogP contribution in [0, 0.1) is 11.8 Å². The highest BCUT2D eigenvalue weighted by Gasteiger charge is 2.49. The third-order valence-corrected chi connectivity index (χ3v) is 3.46. The summed E-state index contributed by atoms with van der Waals surface area (Å²) in [4.78, 5) is 24.6. The first-order valence-electron chi connectivity index (χ1n) is 5.80. The van der Waals surface area contributed by atoms with Crippen molar-refractivity contribution in [2.45, 2.75) is 46.1 Å². The highest BCUT2D eigenvalue weighted by Crippen LogP contribution is 2.35. The molecule has 1 N–H and O–H groups in total. The molecule has 1 amide bonds. The summed E-state index contributed by atoms with van der Waals surface area (Å²) in [5, 5.41) is 9.08. The number of carboxylic acid groups (broad SMARTS) is 1. The number of carbonyl (C=O) groups is 2. The molecule has 92 valence electrons. The molecule has 4 heteroatoms. The van der Waals surface area contributed by atoms with Crippen LogP contribution in [0.2, 0.25) is 0 Å². The van der Waals surface area contributed by atoms with Crippen LogP contribution in [0.4, 0.5) is 0 Å². The Bertz CT molecular complexity index is 297. The number of likely N-dealkylation sites (tertiary alicyclic amines) is 1. The molecule has 0 aliphatic carbocycles. The van der Waals surface area contributed by atoms with E-state index in [9.17, 15) is 9.59 Å². The van der Waals surface area contributed by atoms with Crippen molar-refractivity contribution in [2.75, 3.05) is 6.54 Å². The lowest BCUT2D eigenvalue weighted by atomic mass is 9.88. The number of rotatable bonds is 4. The van der Waals surface area contributed by atoms with E-state index in [4.69, 9.17) is 5.11 Å². The quantitative estimate of drug-likeness (QED) is 0.796. The Morgan fingerprint density at radius 3 is 2.50 bits per heavy atom. The van der Waals surface area contributed by atoms with Gasteiger partial charge in [-0.1, -0.05) is 13.8 Å². The van der Waals surface area contributed by atoms with Crippen molar-refractivity contribution in [1.29, 1.82) is 0 Å².